The predicted octanol–water partition coefficient (Wildman–Crippen LogP) is 1.99. The van der Waals surface area contributed by atoms with Crippen molar-refractivity contribution in [1.29, 1.82) is 0 Å². The van der Waals surface area contributed by atoms with Crippen LogP contribution < -0.4 is 10.8 Å². The average molecular weight is 297 g/mol. The lowest BCUT2D eigenvalue weighted by molar-refractivity contribution is -0.114. The Labute approximate surface area is 124 Å². The average Bonchev–Trinajstić information content (AvgIpc) is 2.46. The summed E-state index contributed by atoms with van der Waals surface area (Å²) in [5.41, 5.74) is -0.214. The molecule has 1 saturated heterocycles. The SMILES string of the molecule is CC(=O)Nc1ccc(B2OC(C)(C)C(C)(C)O2)c(Cl)n1. The topological polar surface area (TPSA) is 60.5 Å². The first-order valence-electron chi connectivity index (χ1n) is 6.42. The molecule has 20 heavy (non-hydrogen) atoms. The molecule has 1 N–H and O–H groups in total. The molecule has 7 heteroatoms. The molecule has 0 aromatic carbocycles. The van der Waals surface area contributed by atoms with E-state index in [1.165, 1.54) is 6.92 Å². The summed E-state index contributed by atoms with van der Waals surface area (Å²) in [6, 6.07) is 3.43. The summed E-state index contributed by atoms with van der Waals surface area (Å²) in [5.74, 6) is 0.208. The molecule has 2 heterocycles. The van der Waals surface area contributed by atoms with E-state index in [9.17, 15) is 4.79 Å². The van der Waals surface area contributed by atoms with E-state index in [0.29, 0.717) is 11.3 Å². The number of rotatable bonds is 2. The zero-order chi connectivity index (χ0) is 15.1. The van der Waals surface area contributed by atoms with E-state index in [1.807, 2.05) is 27.7 Å². The van der Waals surface area contributed by atoms with Gasteiger partial charge in [-0.15, -0.1) is 0 Å². The van der Waals surface area contributed by atoms with Gasteiger partial charge in [-0.2, -0.15) is 0 Å². The highest BCUT2D eigenvalue weighted by molar-refractivity contribution is 6.65. The van der Waals surface area contributed by atoms with Crippen LogP contribution in [0.25, 0.3) is 0 Å². The molecule has 1 aliphatic rings. The Hall–Kier alpha value is -1.11. The maximum Gasteiger partial charge on any atom is 0.498 e. The molecule has 0 bridgehead atoms. The number of amides is 1. The Balaban J connectivity index is 2.25. The van der Waals surface area contributed by atoms with Crippen LogP contribution in [0.15, 0.2) is 12.1 Å². The maximum absolute atomic E-state index is 11.0. The summed E-state index contributed by atoms with van der Waals surface area (Å²) in [4.78, 5) is 15.1. The molecule has 5 nitrogen and oxygen atoms in total. The molecule has 0 aliphatic carbocycles. The Kier molecular flexibility index (Phi) is 3.84. The lowest BCUT2D eigenvalue weighted by Crippen LogP contribution is -2.41. The molecule has 108 valence electrons. The van der Waals surface area contributed by atoms with Crippen LogP contribution in [-0.4, -0.2) is 29.2 Å². The van der Waals surface area contributed by atoms with Gasteiger partial charge >= 0.3 is 7.12 Å². The predicted molar refractivity (Wildman–Crippen MR) is 79.3 cm³/mol. The van der Waals surface area contributed by atoms with E-state index in [0.717, 1.165) is 0 Å². The standard InChI is InChI=1S/C13H18BClN2O3/c1-8(18)16-10-7-6-9(11(15)17-10)14-19-12(2,3)13(4,5)20-14/h6-7H,1-5H3,(H,16,17,18). The first-order valence-corrected chi connectivity index (χ1v) is 6.80. The van der Waals surface area contributed by atoms with Crippen LogP contribution in [0, 0.1) is 0 Å². The number of carbonyl (C=O) groups excluding carboxylic acids is 1. The number of hydrogen-bond acceptors (Lipinski definition) is 4. The quantitative estimate of drug-likeness (QED) is 0.670. The maximum atomic E-state index is 11.0. The van der Waals surface area contributed by atoms with Crippen LogP contribution in [0.1, 0.15) is 34.6 Å². The molecule has 1 aromatic rings. The second-order valence-electron chi connectivity index (χ2n) is 5.85. The summed E-state index contributed by atoms with van der Waals surface area (Å²) in [6.45, 7) is 9.30. The van der Waals surface area contributed by atoms with Gasteiger partial charge in [0.05, 0.1) is 11.2 Å². The van der Waals surface area contributed by atoms with E-state index >= 15 is 0 Å². The highest BCUT2D eigenvalue weighted by Crippen LogP contribution is 2.36. The second kappa shape index (κ2) is 5.02. The molecule has 0 saturated carbocycles. The minimum atomic E-state index is -0.564. The molecule has 1 aliphatic heterocycles. The Bertz CT molecular complexity index is 532. The van der Waals surface area contributed by atoms with Gasteiger partial charge in [0, 0.05) is 12.4 Å². The van der Waals surface area contributed by atoms with Crippen molar-refractivity contribution >= 4 is 35.9 Å². The number of aromatic nitrogens is 1. The molecule has 1 fully saturated rings. The van der Waals surface area contributed by atoms with Gasteiger partial charge in [0.25, 0.3) is 0 Å². The van der Waals surface area contributed by atoms with Crippen molar-refractivity contribution in [2.75, 3.05) is 5.32 Å². The number of anilines is 1. The van der Waals surface area contributed by atoms with Crippen LogP contribution in [0.5, 0.6) is 0 Å². The Morgan fingerprint density at radius 3 is 2.25 bits per heavy atom. The number of nitrogens with zero attached hydrogens (tertiary/aromatic N) is 1. The molecular weight excluding hydrogens is 278 g/mol. The van der Waals surface area contributed by atoms with Gasteiger partial charge in [-0.1, -0.05) is 17.7 Å². The van der Waals surface area contributed by atoms with Crippen LogP contribution in [0.2, 0.25) is 5.15 Å². The summed E-state index contributed by atoms with van der Waals surface area (Å²) >= 11 is 6.16. The van der Waals surface area contributed by atoms with Gasteiger partial charge in [0.1, 0.15) is 11.0 Å². The molecule has 0 atom stereocenters. The molecule has 0 spiro atoms. The first-order chi connectivity index (χ1) is 9.12. The van der Waals surface area contributed by atoms with Gasteiger partial charge in [-0.3, -0.25) is 4.79 Å². The van der Waals surface area contributed by atoms with Crippen molar-refractivity contribution in [3.8, 4) is 0 Å². The molecule has 1 aromatic heterocycles. The van der Waals surface area contributed by atoms with Crippen molar-refractivity contribution in [2.24, 2.45) is 0 Å². The molecule has 0 radical (unpaired) electrons. The fourth-order valence-corrected chi connectivity index (χ4v) is 2.08. The molecule has 0 unspecified atom stereocenters. The molecule has 1 amide bonds. The van der Waals surface area contributed by atoms with Gasteiger partial charge in [0.15, 0.2) is 0 Å². The number of nitrogens with one attached hydrogen (secondary N) is 1. The number of carbonyl (C=O) groups is 1. The lowest BCUT2D eigenvalue weighted by Gasteiger charge is -2.32. The van der Waals surface area contributed by atoms with Crippen LogP contribution in [-0.2, 0) is 14.1 Å². The normalized spacial score (nSPS) is 20.0. The second-order valence-corrected chi connectivity index (χ2v) is 6.20. The van der Waals surface area contributed by atoms with Gasteiger partial charge in [0.2, 0.25) is 5.91 Å². The van der Waals surface area contributed by atoms with Gasteiger partial charge in [-0.25, -0.2) is 4.98 Å². The van der Waals surface area contributed by atoms with Crippen molar-refractivity contribution < 1.29 is 14.1 Å². The smallest absolute Gasteiger partial charge is 0.399 e. The monoisotopic (exact) mass is 296 g/mol. The highest BCUT2D eigenvalue weighted by Gasteiger charge is 2.52. The minimum Gasteiger partial charge on any atom is -0.399 e. The van der Waals surface area contributed by atoms with Crippen LogP contribution >= 0.6 is 11.6 Å². The van der Waals surface area contributed by atoms with Crippen LogP contribution in [0.3, 0.4) is 0 Å². The fraction of sp³-hybridized carbons (Fsp3) is 0.538. The summed E-state index contributed by atoms with van der Waals surface area (Å²) < 4.78 is 11.8. The van der Waals surface area contributed by atoms with E-state index in [1.54, 1.807) is 12.1 Å². The third-order valence-electron chi connectivity index (χ3n) is 3.69. The molecule has 2 rings (SSSR count). The fourth-order valence-electron chi connectivity index (χ4n) is 1.84. The zero-order valence-corrected chi connectivity index (χ0v) is 13.0. The lowest BCUT2D eigenvalue weighted by atomic mass is 9.80. The first kappa shape index (κ1) is 15.3. The minimum absolute atomic E-state index is 0.197. The molecular formula is C13H18BClN2O3. The zero-order valence-electron chi connectivity index (χ0n) is 12.3. The van der Waals surface area contributed by atoms with Crippen molar-refractivity contribution in [2.45, 2.75) is 45.8 Å². The number of pyridine rings is 1. The van der Waals surface area contributed by atoms with Crippen molar-refractivity contribution in [1.82, 2.24) is 4.98 Å². The van der Waals surface area contributed by atoms with Gasteiger partial charge < -0.3 is 14.6 Å². The summed E-state index contributed by atoms with van der Waals surface area (Å²) in [7, 11) is -0.564. The van der Waals surface area contributed by atoms with E-state index in [4.69, 9.17) is 20.9 Å². The van der Waals surface area contributed by atoms with E-state index in [-0.39, 0.29) is 11.1 Å². The highest BCUT2D eigenvalue weighted by atomic mass is 35.5. The van der Waals surface area contributed by atoms with Crippen molar-refractivity contribution in [3.05, 3.63) is 17.3 Å². The Morgan fingerprint density at radius 1 is 1.25 bits per heavy atom. The Morgan fingerprint density at radius 2 is 1.80 bits per heavy atom. The summed E-state index contributed by atoms with van der Waals surface area (Å²) in [5, 5.41) is 2.84. The summed E-state index contributed by atoms with van der Waals surface area (Å²) in [6.07, 6.45) is 0. The third-order valence-corrected chi connectivity index (χ3v) is 3.99. The van der Waals surface area contributed by atoms with Crippen LogP contribution in [0.4, 0.5) is 5.82 Å². The van der Waals surface area contributed by atoms with E-state index < -0.39 is 18.3 Å². The number of hydrogen-bond donors (Lipinski definition) is 1. The third kappa shape index (κ3) is 2.82. The largest absolute Gasteiger partial charge is 0.498 e. The van der Waals surface area contributed by atoms with Gasteiger partial charge in [-0.05, 0) is 33.8 Å². The van der Waals surface area contributed by atoms with E-state index in [2.05, 4.69) is 10.3 Å². The number of halogens is 1. The van der Waals surface area contributed by atoms with Crippen molar-refractivity contribution in [3.63, 3.8) is 0 Å².